The lowest BCUT2D eigenvalue weighted by atomic mass is 10.2. The van der Waals surface area contributed by atoms with Gasteiger partial charge in [0, 0.05) is 16.7 Å². The van der Waals surface area contributed by atoms with Gasteiger partial charge in [-0.1, -0.05) is 15.9 Å². The molecule has 146 valence electrons. The smallest absolute Gasteiger partial charge is 0.238 e. The minimum Gasteiger partial charge on any atom is -0.492 e. The molecule has 2 rings (SSSR count). The molecule has 9 heteroatoms. The predicted octanol–water partition coefficient (Wildman–Crippen LogP) is 2.35. The number of rotatable bonds is 8. The molecule has 0 unspecified atom stereocenters. The molecule has 0 spiro atoms. The maximum absolute atomic E-state index is 12.2. The van der Waals surface area contributed by atoms with E-state index in [1.54, 1.807) is 12.1 Å². The topological polar surface area (TPSA) is 102 Å². The average Bonchev–Trinajstić information content (AvgIpc) is 2.57. The second kappa shape index (κ2) is 9.32. The molecule has 0 fully saturated rings. The highest BCUT2D eigenvalue weighted by Crippen LogP contribution is 2.20. The highest BCUT2D eigenvalue weighted by Gasteiger charge is 2.10. The molecule has 2 aromatic rings. The van der Waals surface area contributed by atoms with Gasteiger partial charge in [-0.15, -0.1) is 0 Å². The predicted molar refractivity (Wildman–Crippen MR) is 108 cm³/mol. The monoisotopic (exact) mass is 455 g/mol. The Balaban J connectivity index is 1.77. The molecule has 0 aliphatic rings. The van der Waals surface area contributed by atoms with Crippen LogP contribution in [0.1, 0.15) is 5.56 Å². The second-order valence-electron chi connectivity index (χ2n) is 6.11. The number of anilines is 1. The number of benzene rings is 2. The molecule has 1 amide bonds. The van der Waals surface area contributed by atoms with Crippen molar-refractivity contribution in [1.82, 2.24) is 4.90 Å². The van der Waals surface area contributed by atoms with Crippen LogP contribution >= 0.6 is 15.9 Å². The summed E-state index contributed by atoms with van der Waals surface area (Å²) >= 11 is 3.39. The van der Waals surface area contributed by atoms with E-state index in [2.05, 4.69) is 21.2 Å². The van der Waals surface area contributed by atoms with Crippen LogP contribution in [0.15, 0.2) is 51.8 Å². The van der Waals surface area contributed by atoms with E-state index in [4.69, 9.17) is 9.88 Å². The van der Waals surface area contributed by atoms with Crippen LogP contribution in [0.4, 0.5) is 5.69 Å². The Morgan fingerprint density at radius 1 is 1.22 bits per heavy atom. The summed E-state index contributed by atoms with van der Waals surface area (Å²) in [7, 11) is -1.89. The van der Waals surface area contributed by atoms with Gasteiger partial charge in [-0.05, 0) is 62.0 Å². The second-order valence-corrected chi connectivity index (χ2v) is 8.59. The maximum Gasteiger partial charge on any atom is 0.238 e. The largest absolute Gasteiger partial charge is 0.492 e. The molecule has 0 saturated heterocycles. The van der Waals surface area contributed by atoms with E-state index in [0.717, 1.165) is 15.7 Å². The fourth-order valence-electron chi connectivity index (χ4n) is 2.33. The number of carbonyl (C=O) groups excluding carboxylic acids is 1. The standard InChI is InChI=1S/C18H22BrN3O4S/c1-13-11-14(19)3-8-17(13)21-18(23)12-22(2)9-10-26-15-4-6-16(7-5-15)27(20,24)25/h3-8,11H,9-10,12H2,1-2H3,(H,21,23)(H2,20,24,25). The lowest BCUT2D eigenvalue weighted by molar-refractivity contribution is -0.117. The summed E-state index contributed by atoms with van der Waals surface area (Å²) in [6.07, 6.45) is 0. The van der Waals surface area contributed by atoms with Gasteiger partial charge >= 0.3 is 0 Å². The lowest BCUT2D eigenvalue weighted by Crippen LogP contribution is -2.33. The van der Waals surface area contributed by atoms with Crippen LogP contribution in [0.25, 0.3) is 0 Å². The Bertz CT molecular complexity index is 901. The summed E-state index contributed by atoms with van der Waals surface area (Å²) in [6, 6.07) is 11.5. The van der Waals surface area contributed by atoms with E-state index in [1.165, 1.54) is 12.1 Å². The van der Waals surface area contributed by atoms with Crippen molar-refractivity contribution in [2.45, 2.75) is 11.8 Å². The highest BCUT2D eigenvalue weighted by molar-refractivity contribution is 9.10. The maximum atomic E-state index is 12.2. The number of nitrogens with one attached hydrogen (secondary N) is 1. The summed E-state index contributed by atoms with van der Waals surface area (Å²) in [5.41, 5.74) is 1.76. The first-order valence-electron chi connectivity index (χ1n) is 8.15. The molecule has 0 aliphatic heterocycles. The average molecular weight is 456 g/mol. The van der Waals surface area contributed by atoms with E-state index in [1.807, 2.05) is 37.1 Å². The molecule has 27 heavy (non-hydrogen) atoms. The normalized spacial score (nSPS) is 11.4. The zero-order chi connectivity index (χ0) is 20.0. The number of sulfonamides is 1. The number of halogens is 1. The van der Waals surface area contributed by atoms with E-state index in [-0.39, 0.29) is 17.3 Å². The lowest BCUT2D eigenvalue weighted by Gasteiger charge is -2.17. The van der Waals surface area contributed by atoms with Crippen molar-refractivity contribution < 1.29 is 17.9 Å². The summed E-state index contributed by atoms with van der Waals surface area (Å²) < 4.78 is 28.9. The third-order valence-corrected chi connectivity index (χ3v) is 5.19. The molecule has 2 aromatic carbocycles. The van der Waals surface area contributed by atoms with Crippen molar-refractivity contribution in [1.29, 1.82) is 0 Å². The Kier molecular flexibility index (Phi) is 7.37. The minimum absolute atomic E-state index is 0.0341. The number of amides is 1. The van der Waals surface area contributed by atoms with Gasteiger partial charge in [0.25, 0.3) is 0 Å². The molecule has 0 radical (unpaired) electrons. The molecular formula is C18H22BrN3O4S. The van der Waals surface area contributed by atoms with Crippen molar-refractivity contribution in [3.8, 4) is 5.75 Å². The zero-order valence-corrected chi connectivity index (χ0v) is 17.5. The summed E-state index contributed by atoms with van der Waals surface area (Å²) in [4.78, 5) is 14.0. The van der Waals surface area contributed by atoms with E-state index >= 15 is 0 Å². The molecule has 0 atom stereocenters. The van der Waals surface area contributed by atoms with Crippen LogP contribution in [-0.2, 0) is 14.8 Å². The quantitative estimate of drug-likeness (QED) is 0.635. The fraction of sp³-hybridized carbons (Fsp3) is 0.278. The molecule has 3 N–H and O–H groups in total. The number of hydrogen-bond donors (Lipinski definition) is 2. The number of carbonyl (C=O) groups is 1. The van der Waals surface area contributed by atoms with Crippen LogP contribution in [0.5, 0.6) is 5.75 Å². The summed E-state index contributed by atoms with van der Waals surface area (Å²) in [6.45, 7) is 3.04. The van der Waals surface area contributed by atoms with Crippen LogP contribution in [0.2, 0.25) is 0 Å². The van der Waals surface area contributed by atoms with Gasteiger partial charge in [0.1, 0.15) is 12.4 Å². The Morgan fingerprint density at radius 3 is 2.48 bits per heavy atom. The first-order valence-corrected chi connectivity index (χ1v) is 10.5. The molecule has 0 aliphatic carbocycles. The van der Waals surface area contributed by atoms with Crippen LogP contribution < -0.4 is 15.2 Å². The molecular weight excluding hydrogens is 434 g/mol. The number of nitrogens with zero attached hydrogens (tertiary/aromatic N) is 1. The molecule has 0 bridgehead atoms. The Labute approximate surface area is 167 Å². The van der Waals surface area contributed by atoms with Gasteiger partial charge in [0.05, 0.1) is 11.4 Å². The van der Waals surface area contributed by atoms with Gasteiger partial charge in [-0.2, -0.15) is 0 Å². The molecule has 7 nitrogen and oxygen atoms in total. The van der Waals surface area contributed by atoms with Gasteiger partial charge in [0.15, 0.2) is 0 Å². The van der Waals surface area contributed by atoms with Gasteiger partial charge < -0.3 is 10.1 Å². The van der Waals surface area contributed by atoms with Crippen molar-refractivity contribution in [3.63, 3.8) is 0 Å². The van der Waals surface area contributed by atoms with Crippen LogP contribution in [0.3, 0.4) is 0 Å². The van der Waals surface area contributed by atoms with Gasteiger partial charge in [-0.25, -0.2) is 13.6 Å². The number of nitrogens with two attached hydrogens (primary N) is 1. The van der Waals surface area contributed by atoms with Crippen molar-refractivity contribution >= 4 is 37.5 Å². The summed E-state index contributed by atoms with van der Waals surface area (Å²) in [5, 5.41) is 7.94. The minimum atomic E-state index is -3.71. The third kappa shape index (κ3) is 6.94. The summed E-state index contributed by atoms with van der Waals surface area (Å²) in [5.74, 6) is 0.422. The number of primary sulfonamides is 1. The molecule has 0 saturated carbocycles. The van der Waals surface area contributed by atoms with E-state index in [0.29, 0.717) is 18.9 Å². The first-order chi connectivity index (χ1) is 12.6. The van der Waals surface area contributed by atoms with E-state index in [9.17, 15) is 13.2 Å². The number of aryl methyl sites for hydroxylation is 1. The van der Waals surface area contributed by atoms with E-state index < -0.39 is 10.0 Å². The van der Waals surface area contributed by atoms with Crippen molar-refractivity contribution in [3.05, 3.63) is 52.5 Å². The number of hydrogen-bond acceptors (Lipinski definition) is 5. The Morgan fingerprint density at radius 2 is 1.89 bits per heavy atom. The van der Waals surface area contributed by atoms with Crippen LogP contribution in [-0.4, -0.2) is 46.0 Å². The Hall–Kier alpha value is -1.94. The van der Waals surface area contributed by atoms with Crippen molar-refractivity contribution in [2.24, 2.45) is 5.14 Å². The number of ether oxygens (including phenoxy) is 1. The highest BCUT2D eigenvalue weighted by atomic mass is 79.9. The SMILES string of the molecule is Cc1cc(Br)ccc1NC(=O)CN(C)CCOc1ccc(S(N)(=O)=O)cc1. The van der Waals surface area contributed by atoms with Gasteiger partial charge in [0.2, 0.25) is 15.9 Å². The third-order valence-electron chi connectivity index (χ3n) is 3.77. The first kappa shape index (κ1) is 21.4. The molecule has 0 aromatic heterocycles. The zero-order valence-electron chi connectivity index (χ0n) is 15.1. The number of likely N-dealkylation sites (N-methyl/N-ethyl adjacent to an activating group) is 1. The molecule has 0 heterocycles. The van der Waals surface area contributed by atoms with Crippen molar-refractivity contribution in [2.75, 3.05) is 32.1 Å². The van der Waals surface area contributed by atoms with Gasteiger partial charge in [-0.3, -0.25) is 9.69 Å². The fourth-order valence-corrected chi connectivity index (χ4v) is 3.32. The van der Waals surface area contributed by atoms with Crippen LogP contribution in [0, 0.1) is 6.92 Å².